The summed E-state index contributed by atoms with van der Waals surface area (Å²) in [6.07, 6.45) is -3.69. The Balaban J connectivity index is 1.93. The van der Waals surface area contributed by atoms with Gasteiger partial charge in [-0.25, -0.2) is 0 Å². The van der Waals surface area contributed by atoms with E-state index in [0.717, 1.165) is 4.88 Å². The van der Waals surface area contributed by atoms with E-state index >= 15 is 0 Å². The summed E-state index contributed by atoms with van der Waals surface area (Å²) < 4.78 is 37.4. The monoisotopic (exact) mass is 221 g/mol. The second kappa shape index (κ2) is 3.24. The lowest BCUT2D eigenvalue weighted by Crippen LogP contribution is -2.44. The maximum atomic E-state index is 12.5. The van der Waals surface area contributed by atoms with Crippen molar-refractivity contribution < 1.29 is 13.2 Å². The van der Waals surface area contributed by atoms with Crippen LogP contribution in [-0.4, -0.2) is 11.7 Å². The third-order valence-corrected chi connectivity index (χ3v) is 3.35. The average molecular weight is 221 g/mol. The van der Waals surface area contributed by atoms with Crippen LogP contribution in [0.3, 0.4) is 0 Å². The summed E-state index contributed by atoms with van der Waals surface area (Å²) in [5.41, 5.74) is -1.59. The molecule has 1 heterocycles. The number of rotatable bonds is 3. The topological polar surface area (TPSA) is 12.0 Å². The molecule has 1 aliphatic carbocycles. The molecule has 0 aromatic carbocycles. The van der Waals surface area contributed by atoms with Crippen LogP contribution in [-0.2, 0) is 6.54 Å². The predicted octanol–water partition coefficient (Wildman–Crippen LogP) is 2.93. The van der Waals surface area contributed by atoms with E-state index in [0.29, 0.717) is 6.54 Å². The molecule has 0 aliphatic heterocycles. The fourth-order valence-corrected chi connectivity index (χ4v) is 2.00. The number of hydrogen-bond acceptors (Lipinski definition) is 2. The fourth-order valence-electron chi connectivity index (χ4n) is 1.35. The lowest BCUT2D eigenvalue weighted by Gasteiger charge is -2.20. The molecule has 1 aromatic rings. The number of nitrogens with one attached hydrogen (secondary N) is 1. The summed E-state index contributed by atoms with van der Waals surface area (Å²) in [7, 11) is 0. The van der Waals surface area contributed by atoms with Crippen LogP contribution in [0.4, 0.5) is 13.2 Å². The Hall–Kier alpha value is -0.550. The van der Waals surface area contributed by atoms with E-state index in [1.807, 2.05) is 17.5 Å². The maximum absolute atomic E-state index is 12.5. The van der Waals surface area contributed by atoms with Gasteiger partial charge in [0.15, 0.2) is 0 Å². The lowest BCUT2D eigenvalue weighted by molar-refractivity contribution is -0.166. The molecule has 0 spiro atoms. The normalized spacial score (nSPS) is 19.6. The molecule has 1 fully saturated rings. The van der Waals surface area contributed by atoms with Crippen LogP contribution in [0.2, 0.25) is 0 Å². The Labute approximate surface area is 83.9 Å². The zero-order valence-electron chi connectivity index (χ0n) is 7.40. The number of thiophene rings is 1. The van der Waals surface area contributed by atoms with Gasteiger partial charge in [-0.2, -0.15) is 13.2 Å². The summed E-state index contributed by atoms with van der Waals surface area (Å²) in [5.74, 6) is 0. The molecule has 78 valence electrons. The van der Waals surface area contributed by atoms with Crippen LogP contribution >= 0.6 is 11.3 Å². The molecule has 1 aliphatic rings. The first-order valence-corrected chi connectivity index (χ1v) is 5.26. The highest BCUT2D eigenvalue weighted by Gasteiger charge is 2.62. The highest BCUT2D eigenvalue weighted by molar-refractivity contribution is 7.09. The summed E-state index contributed by atoms with van der Waals surface area (Å²) >= 11 is 1.47. The Kier molecular flexibility index (Phi) is 2.31. The zero-order valence-corrected chi connectivity index (χ0v) is 8.21. The summed E-state index contributed by atoms with van der Waals surface area (Å²) in [4.78, 5) is 0.945. The van der Waals surface area contributed by atoms with Gasteiger partial charge in [0.05, 0.1) is 0 Å². The highest BCUT2D eigenvalue weighted by atomic mass is 32.1. The minimum Gasteiger partial charge on any atom is -0.299 e. The fraction of sp³-hybridized carbons (Fsp3) is 0.556. The summed E-state index contributed by atoms with van der Waals surface area (Å²) in [6.45, 7) is 0.317. The smallest absolute Gasteiger partial charge is 0.299 e. The molecule has 1 N–H and O–H groups in total. The van der Waals surface area contributed by atoms with Crippen LogP contribution in [0, 0.1) is 0 Å². The van der Waals surface area contributed by atoms with Crippen molar-refractivity contribution in [2.24, 2.45) is 0 Å². The molecule has 0 bridgehead atoms. The third-order valence-electron chi connectivity index (χ3n) is 2.47. The van der Waals surface area contributed by atoms with Gasteiger partial charge >= 0.3 is 6.18 Å². The van der Waals surface area contributed by atoms with E-state index in [2.05, 4.69) is 5.32 Å². The van der Waals surface area contributed by atoms with Crippen molar-refractivity contribution in [1.82, 2.24) is 5.32 Å². The summed E-state index contributed by atoms with van der Waals surface area (Å²) in [5, 5.41) is 4.46. The Morgan fingerprint density at radius 1 is 1.43 bits per heavy atom. The van der Waals surface area contributed by atoms with Gasteiger partial charge in [0, 0.05) is 11.4 Å². The van der Waals surface area contributed by atoms with Crippen molar-refractivity contribution >= 4 is 11.3 Å². The quantitative estimate of drug-likeness (QED) is 0.827. The van der Waals surface area contributed by atoms with Crippen LogP contribution in [0.5, 0.6) is 0 Å². The molecule has 2 rings (SSSR count). The molecule has 1 aromatic heterocycles. The van der Waals surface area contributed by atoms with E-state index in [4.69, 9.17) is 0 Å². The first-order valence-electron chi connectivity index (χ1n) is 4.38. The van der Waals surface area contributed by atoms with E-state index < -0.39 is 11.7 Å². The van der Waals surface area contributed by atoms with E-state index in [1.54, 1.807) is 0 Å². The Bertz CT molecular complexity index is 300. The molecule has 0 saturated heterocycles. The second-order valence-corrected chi connectivity index (χ2v) is 4.55. The van der Waals surface area contributed by atoms with E-state index in [9.17, 15) is 13.2 Å². The number of hydrogen-bond donors (Lipinski definition) is 1. The molecule has 5 heteroatoms. The van der Waals surface area contributed by atoms with Crippen molar-refractivity contribution in [1.29, 1.82) is 0 Å². The van der Waals surface area contributed by atoms with Crippen LogP contribution in [0.25, 0.3) is 0 Å². The molecule has 0 atom stereocenters. The zero-order chi connectivity index (χ0) is 10.2. The predicted molar refractivity (Wildman–Crippen MR) is 49.2 cm³/mol. The van der Waals surface area contributed by atoms with Crippen molar-refractivity contribution in [3.05, 3.63) is 22.4 Å². The van der Waals surface area contributed by atoms with Gasteiger partial charge < -0.3 is 0 Å². The van der Waals surface area contributed by atoms with Crippen molar-refractivity contribution in [2.75, 3.05) is 0 Å². The van der Waals surface area contributed by atoms with Gasteiger partial charge in [-0.3, -0.25) is 5.32 Å². The minimum absolute atomic E-state index is 0.210. The molecule has 0 radical (unpaired) electrons. The van der Waals surface area contributed by atoms with Gasteiger partial charge in [0.2, 0.25) is 0 Å². The molecule has 14 heavy (non-hydrogen) atoms. The average Bonchev–Trinajstić information content (AvgIpc) is 2.72. The number of halogens is 3. The van der Waals surface area contributed by atoms with Crippen LogP contribution in [0.15, 0.2) is 17.5 Å². The molecule has 1 nitrogen and oxygen atoms in total. The van der Waals surface area contributed by atoms with E-state index in [1.165, 1.54) is 11.3 Å². The maximum Gasteiger partial charge on any atom is 0.406 e. The van der Waals surface area contributed by atoms with Gasteiger partial charge in [-0.15, -0.1) is 11.3 Å². The second-order valence-electron chi connectivity index (χ2n) is 3.51. The van der Waals surface area contributed by atoms with Crippen molar-refractivity contribution in [3.8, 4) is 0 Å². The van der Waals surface area contributed by atoms with E-state index in [-0.39, 0.29) is 12.8 Å². The van der Waals surface area contributed by atoms with Crippen LogP contribution < -0.4 is 5.32 Å². The Morgan fingerprint density at radius 3 is 2.57 bits per heavy atom. The van der Waals surface area contributed by atoms with Gasteiger partial charge in [0.1, 0.15) is 5.54 Å². The van der Waals surface area contributed by atoms with Gasteiger partial charge in [0.25, 0.3) is 0 Å². The molecule has 1 saturated carbocycles. The van der Waals surface area contributed by atoms with Gasteiger partial charge in [-0.05, 0) is 24.3 Å². The third kappa shape index (κ3) is 1.79. The first-order chi connectivity index (χ1) is 6.54. The molecular weight excluding hydrogens is 211 g/mol. The standard InChI is InChI=1S/C9H10F3NS/c10-9(11,12)8(3-4-8)13-6-7-2-1-5-14-7/h1-2,5,13H,3-4,6H2. The highest BCUT2D eigenvalue weighted by Crippen LogP contribution is 2.49. The SMILES string of the molecule is FC(F)(F)C1(NCc2cccs2)CC1. The summed E-state index contributed by atoms with van der Waals surface area (Å²) in [6, 6.07) is 3.68. The lowest BCUT2D eigenvalue weighted by atomic mass is 10.2. The number of alkyl halides is 3. The Morgan fingerprint density at radius 2 is 2.14 bits per heavy atom. The molecule has 0 amide bonds. The molecule has 0 unspecified atom stereocenters. The van der Waals surface area contributed by atoms with Gasteiger partial charge in [-0.1, -0.05) is 6.07 Å². The minimum atomic E-state index is -4.11. The first kappa shape index (κ1) is 9.98. The van der Waals surface area contributed by atoms with Crippen LogP contribution in [0.1, 0.15) is 17.7 Å². The largest absolute Gasteiger partial charge is 0.406 e. The molecular formula is C9H10F3NS. The van der Waals surface area contributed by atoms with Crippen molar-refractivity contribution in [3.63, 3.8) is 0 Å². The van der Waals surface area contributed by atoms with Crippen molar-refractivity contribution in [2.45, 2.75) is 31.1 Å².